The lowest BCUT2D eigenvalue weighted by molar-refractivity contribution is 0.0929. The van der Waals surface area contributed by atoms with Crippen LogP contribution in [-0.4, -0.2) is 47.3 Å². The van der Waals surface area contributed by atoms with Gasteiger partial charge in [-0.3, -0.25) is 14.5 Å². The van der Waals surface area contributed by atoms with Gasteiger partial charge in [-0.25, -0.2) is 4.68 Å². The van der Waals surface area contributed by atoms with Crippen molar-refractivity contribution in [2.75, 3.05) is 26.7 Å². The Morgan fingerprint density at radius 3 is 2.69 bits per heavy atom. The first kappa shape index (κ1) is 21.0. The van der Waals surface area contributed by atoms with Crippen molar-refractivity contribution in [3.05, 3.63) is 58.0 Å². The Balaban J connectivity index is 1.75. The Morgan fingerprint density at radius 1 is 1.21 bits per heavy atom. The maximum Gasteiger partial charge on any atom is 0.271 e. The Labute approximate surface area is 171 Å². The van der Waals surface area contributed by atoms with Gasteiger partial charge >= 0.3 is 0 Å². The number of likely N-dealkylation sites (tertiary alicyclic amines) is 1. The number of aromatic nitrogens is 2. The minimum Gasteiger partial charge on any atom is -0.496 e. The molecule has 0 saturated carbocycles. The van der Waals surface area contributed by atoms with E-state index in [0.717, 1.165) is 50.1 Å². The number of unbranched alkanes of at least 4 members (excludes halogenated alkanes) is 1. The van der Waals surface area contributed by atoms with Crippen LogP contribution in [0.25, 0.3) is 0 Å². The van der Waals surface area contributed by atoms with E-state index in [1.165, 1.54) is 16.8 Å². The standard InChI is InChI=1S/C22H30N4O3/c1-3-4-15-26-21(27)12-11-18(24-26)22(28)23-16-19(25-13-7-8-14-25)17-9-5-6-10-20(17)29-2/h5-6,9-12,19H,3-4,7-8,13-16H2,1-2H3,(H,23,28). The second-order valence-electron chi connectivity index (χ2n) is 7.34. The number of hydrogen-bond acceptors (Lipinski definition) is 5. The van der Waals surface area contributed by atoms with Crippen LogP contribution in [0.4, 0.5) is 0 Å². The second kappa shape index (κ2) is 10.2. The third-order valence-corrected chi connectivity index (χ3v) is 5.36. The van der Waals surface area contributed by atoms with Crippen LogP contribution in [0, 0.1) is 0 Å². The van der Waals surface area contributed by atoms with Crippen molar-refractivity contribution < 1.29 is 9.53 Å². The molecular weight excluding hydrogens is 368 g/mol. The fourth-order valence-corrected chi connectivity index (χ4v) is 3.75. The van der Waals surface area contributed by atoms with Gasteiger partial charge in [-0.2, -0.15) is 5.10 Å². The normalized spacial score (nSPS) is 15.2. The van der Waals surface area contributed by atoms with E-state index in [-0.39, 0.29) is 23.2 Å². The van der Waals surface area contributed by atoms with E-state index in [4.69, 9.17) is 4.74 Å². The van der Waals surface area contributed by atoms with Crippen molar-refractivity contribution in [3.8, 4) is 5.75 Å². The average Bonchev–Trinajstić information content (AvgIpc) is 3.28. The molecule has 1 aromatic carbocycles. The van der Waals surface area contributed by atoms with Crippen LogP contribution < -0.4 is 15.6 Å². The number of ether oxygens (including phenoxy) is 1. The van der Waals surface area contributed by atoms with Crippen molar-refractivity contribution in [1.29, 1.82) is 0 Å². The van der Waals surface area contributed by atoms with Gasteiger partial charge in [0.25, 0.3) is 11.5 Å². The molecule has 1 N–H and O–H groups in total. The Bertz CT molecular complexity index is 874. The molecule has 1 atom stereocenters. The van der Waals surface area contributed by atoms with Crippen LogP contribution in [-0.2, 0) is 6.54 Å². The number of amides is 1. The zero-order valence-corrected chi connectivity index (χ0v) is 17.3. The molecule has 2 aromatic rings. The maximum absolute atomic E-state index is 12.7. The summed E-state index contributed by atoms with van der Waals surface area (Å²) in [6.45, 7) is 5.03. The second-order valence-corrected chi connectivity index (χ2v) is 7.34. The summed E-state index contributed by atoms with van der Waals surface area (Å²) >= 11 is 0. The van der Waals surface area contributed by atoms with Gasteiger partial charge < -0.3 is 10.1 Å². The lowest BCUT2D eigenvalue weighted by Crippen LogP contribution is -2.38. The van der Waals surface area contributed by atoms with Crippen LogP contribution in [0.3, 0.4) is 0 Å². The highest BCUT2D eigenvalue weighted by Crippen LogP contribution is 2.31. The number of para-hydroxylation sites is 1. The van der Waals surface area contributed by atoms with Gasteiger partial charge in [-0.1, -0.05) is 31.5 Å². The average molecular weight is 399 g/mol. The summed E-state index contributed by atoms with van der Waals surface area (Å²) in [6, 6.07) is 10.9. The van der Waals surface area contributed by atoms with Gasteiger partial charge in [-0.05, 0) is 44.5 Å². The zero-order chi connectivity index (χ0) is 20.6. The number of hydrogen-bond donors (Lipinski definition) is 1. The van der Waals surface area contributed by atoms with Crippen LogP contribution in [0.5, 0.6) is 5.75 Å². The topological polar surface area (TPSA) is 76.5 Å². The number of rotatable bonds is 9. The fourth-order valence-electron chi connectivity index (χ4n) is 3.75. The van der Waals surface area contributed by atoms with Gasteiger partial charge in [-0.15, -0.1) is 0 Å². The Morgan fingerprint density at radius 2 is 1.97 bits per heavy atom. The predicted molar refractivity (Wildman–Crippen MR) is 112 cm³/mol. The fraction of sp³-hybridized carbons (Fsp3) is 0.500. The molecule has 7 nitrogen and oxygen atoms in total. The Hall–Kier alpha value is -2.67. The van der Waals surface area contributed by atoms with E-state index in [9.17, 15) is 9.59 Å². The van der Waals surface area contributed by atoms with Crippen LogP contribution in [0.1, 0.15) is 54.7 Å². The quantitative estimate of drug-likeness (QED) is 0.703. The summed E-state index contributed by atoms with van der Waals surface area (Å²) in [5.41, 5.74) is 1.15. The summed E-state index contributed by atoms with van der Waals surface area (Å²) < 4.78 is 6.93. The third kappa shape index (κ3) is 5.23. The monoisotopic (exact) mass is 398 g/mol. The molecule has 29 heavy (non-hydrogen) atoms. The first-order valence-electron chi connectivity index (χ1n) is 10.4. The highest BCUT2D eigenvalue weighted by atomic mass is 16.5. The van der Waals surface area contributed by atoms with Gasteiger partial charge in [0.05, 0.1) is 13.2 Å². The number of aryl methyl sites for hydroxylation is 1. The van der Waals surface area contributed by atoms with Crippen molar-refractivity contribution in [1.82, 2.24) is 20.0 Å². The molecule has 0 radical (unpaired) electrons. The van der Waals surface area contributed by atoms with Crippen LogP contribution in [0.15, 0.2) is 41.2 Å². The molecule has 0 bridgehead atoms. The molecule has 1 aromatic heterocycles. The smallest absolute Gasteiger partial charge is 0.271 e. The van der Waals surface area contributed by atoms with Crippen LogP contribution >= 0.6 is 0 Å². The molecule has 3 rings (SSSR count). The largest absolute Gasteiger partial charge is 0.496 e. The van der Waals surface area contributed by atoms with E-state index < -0.39 is 0 Å². The Kier molecular flexibility index (Phi) is 7.41. The van der Waals surface area contributed by atoms with E-state index >= 15 is 0 Å². The van der Waals surface area contributed by atoms with Crippen molar-refractivity contribution in [2.24, 2.45) is 0 Å². The zero-order valence-electron chi connectivity index (χ0n) is 17.3. The predicted octanol–water partition coefficient (Wildman–Crippen LogP) is 2.62. The van der Waals surface area contributed by atoms with E-state index in [1.54, 1.807) is 7.11 Å². The molecule has 1 saturated heterocycles. The number of methoxy groups -OCH3 is 1. The number of benzene rings is 1. The number of carbonyl (C=O) groups is 1. The first-order valence-corrected chi connectivity index (χ1v) is 10.4. The lowest BCUT2D eigenvalue weighted by atomic mass is 10.0. The molecule has 1 aliphatic heterocycles. The molecule has 2 heterocycles. The molecular formula is C22H30N4O3. The number of carbonyl (C=O) groups excluding carboxylic acids is 1. The van der Waals surface area contributed by atoms with Gasteiger partial charge in [0.2, 0.25) is 0 Å². The van der Waals surface area contributed by atoms with Gasteiger partial charge in [0.15, 0.2) is 0 Å². The highest BCUT2D eigenvalue weighted by Gasteiger charge is 2.26. The van der Waals surface area contributed by atoms with E-state index in [0.29, 0.717) is 13.1 Å². The summed E-state index contributed by atoms with van der Waals surface area (Å²) in [5.74, 6) is 0.555. The molecule has 1 aliphatic rings. The SMILES string of the molecule is CCCCn1nc(C(=O)NCC(c2ccccc2OC)N2CCCC2)ccc1=O. The summed E-state index contributed by atoms with van der Waals surface area (Å²) in [4.78, 5) is 27.1. The van der Waals surface area contributed by atoms with E-state index in [1.807, 2.05) is 18.2 Å². The molecule has 1 amide bonds. The van der Waals surface area contributed by atoms with E-state index in [2.05, 4.69) is 28.3 Å². The molecule has 1 unspecified atom stereocenters. The molecule has 7 heteroatoms. The molecule has 1 fully saturated rings. The molecule has 0 aliphatic carbocycles. The lowest BCUT2D eigenvalue weighted by Gasteiger charge is -2.29. The third-order valence-electron chi connectivity index (χ3n) is 5.36. The molecule has 0 spiro atoms. The summed E-state index contributed by atoms with van der Waals surface area (Å²) in [6.07, 6.45) is 4.12. The van der Waals surface area contributed by atoms with Crippen LogP contribution in [0.2, 0.25) is 0 Å². The summed E-state index contributed by atoms with van der Waals surface area (Å²) in [7, 11) is 1.67. The first-order chi connectivity index (χ1) is 14.1. The minimum absolute atomic E-state index is 0.0311. The van der Waals surface area contributed by atoms with Crippen molar-refractivity contribution >= 4 is 5.91 Å². The van der Waals surface area contributed by atoms with Gasteiger partial charge in [0, 0.05) is 24.7 Å². The minimum atomic E-state index is -0.269. The van der Waals surface area contributed by atoms with Crippen molar-refractivity contribution in [2.45, 2.75) is 45.2 Å². The van der Waals surface area contributed by atoms with Gasteiger partial charge in [0.1, 0.15) is 11.4 Å². The highest BCUT2D eigenvalue weighted by molar-refractivity contribution is 5.92. The van der Waals surface area contributed by atoms with Crippen molar-refractivity contribution in [3.63, 3.8) is 0 Å². The number of nitrogens with zero attached hydrogens (tertiary/aromatic N) is 3. The maximum atomic E-state index is 12.7. The number of nitrogens with one attached hydrogen (secondary N) is 1. The molecule has 156 valence electrons. The summed E-state index contributed by atoms with van der Waals surface area (Å²) in [5, 5.41) is 7.26.